The van der Waals surface area contributed by atoms with Gasteiger partial charge in [0, 0.05) is 35.4 Å². The van der Waals surface area contributed by atoms with Crippen LogP contribution in [0.5, 0.6) is 5.75 Å². The van der Waals surface area contributed by atoms with E-state index in [4.69, 9.17) is 0 Å². The number of fused-ring (bicyclic) bond motifs is 5. The monoisotopic (exact) mass is 615 g/mol. The molecule has 222 valence electrons. The van der Waals surface area contributed by atoms with Gasteiger partial charge in [-0.15, -0.1) is 11.3 Å². The average Bonchev–Trinajstić information content (AvgIpc) is 3.40. The highest BCUT2D eigenvalue weighted by atomic mass is 32.2. The second kappa shape index (κ2) is 10.3. The smallest absolute Gasteiger partial charge is 0.369 e. The maximum atomic E-state index is 13.2. The number of rotatable bonds is 7. The minimum atomic E-state index is -6.10. The number of aromatic nitrogens is 1. The van der Waals surface area contributed by atoms with Gasteiger partial charge in [-0.25, -0.2) is 4.98 Å². The van der Waals surface area contributed by atoms with Crippen LogP contribution < -0.4 is 9.50 Å². The van der Waals surface area contributed by atoms with E-state index in [1.807, 2.05) is 13.8 Å². The predicted octanol–water partition coefficient (Wildman–Crippen LogP) is 5.66. The fraction of sp³-hybridized carbons (Fsp3) is 0.577. The Kier molecular flexibility index (Phi) is 7.41. The first-order valence-corrected chi connectivity index (χ1v) is 15.4. The lowest BCUT2D eigenvalue weighted by atomic mass is 9.54. The summed E-state index contributed by atoms with van der Waals surface area (Å²) >= 11 is 1.37. The lowest BCUT2D eigenvalue weighted by molar-refractivity contribution is -0.385. The number of nitrogens with one attached hydrogen (secondary N) is 1. The molecule has 1 N–H and O–H groups in total. The van der Waals surface area contributed by atoms with Gasteiger partial charge in [0.25, 0.3) is 0 Å². The van der Waals surface area contributed by atoms with Crippen molar-refractivity contribution >= 4 is 44.0 Å². The summed E-state index contributed by atoms with van der Waals surface area (Å²) in [6, 6.07) is 2.16. The first-order chi connectivity index (χ1) is 19.1. The predicted molar refractivity (Wildman–Crippen MR) is 142 cm³/mol. The van der Waals surface area contributed by atoms with E-state index in [0.29, 0.717) is 54.8 Å². The molecule has 3 aliphatic rings. The number of halogens is 3. The standard InChI is InChI=1S/C26H28F3N3O7S2/c1-13-12-30-24(40-13)31-22(34)6-4-15-10-21(33)25(2)8-7-16-17(23(15)25)5-3-14-9-20(19(32(35)36)11-18(14)16)39-41(37,38)26(27,28)29/h9,11-12,15-17,23H,3-8,10H2,1-2H3,(H,30,31,34)/t15-,16?,17?,23?,25-/m1/s1. The van der Waals surface area contributed by atoms with Crippen LogP contribution in [0.3, 0.4) is 0 Å². The molecule has 1 aromatic heterocycles. The third-order valence-corrected chi connectivity index (χ3v) is 10.7. The van der Waals surface area contributed by atoms with Crippen molar-refractivity contribution in [3.05, 3.63) is 44.4 Å². The number of amides is 1. The summed E-state index contributed by atoms with van der Waals surface area (Å²) in [5.74, 6) is -1.41. The second-order valence-corrected chi connectivity index (χ2v) is 14.1. The molecular formula is C26H28F3N3O7S2. The maximum Gasteiger partial charge on any atom is 0.534 e. The molecule has 2 fully saturated rings. The Morgan fingerprint density at radius 1 is 1.32 bits per heavy atom. The molecule has 5 atom stereocenters. The first-order valence-electron chi connectivity index (χ1n) is 13.2. The van der Waals surface area contributed by atoms with E-state index in [0.717, 1.165) is 17.0 Å². The number of nitro benzene ring substituents is 1. The van der Waals surface area contributed by atoms with E-state index >= 15 is 0 Å². The number of Topliss-reactive ketones (excluding diaryl/α,β-unsaturated/α-hetero) is 1. The van der Waals surface area contributed by atoms with Crippen LogP contribution in [0.4, 0.5) is 24.0 Å². The van der Waals surface area contributed by atoms with Crippen molar-refractivity contribution in [3.63, 3.8) is 0 Å². The number of carbonyl (C=O) groups excluding carboxylic acids is 2. The topological polar surface area (TPSA) is 146 Å². The van der Waals surface area contributed by atoms with Gasteiger partial charge in [0.2, 0.25) is 11.7 Å². The van der Waals surface area contributed by atoms with Gasteiger partial charge in [-0.2, -0.15) is 21.6 Å². The molecule has 3 unspecified atom stereocenters. The van der Waals surface area contributed by atoms with Crippen molar-refractivity contribution in [2.45, 2.75) is 70.2 Å². The highest BCUT2D eigenvalue weighted by molar-refractivity contribution is 7.88. The van der Waals surface area contributed by atoms with Gasteiger partial charge in [-0.05, 0) is 79.9 Å². The number of carbonyl (C=O) groups is 2. The van der Waals surface area contributed by atoms with Gasteiger partial charge in [0.1, 0.15) is 5.78 Å². The van der Waals surface area contributed by atoms with Gasteiger partial charge in [-0.3, -0.25) is 19.7 Å². The summed E-state index contributed by atoms with van der Waals surface area (Å²) in [6.07, 6.45) is 4.67. The van der Waals surface area contributed by atoms with Gasteiger partial charge >= 0.3 is 21.3 Å². The minimum Gasteiger partial charge on any atom is -0.369 e. The van der Waals surface area contributed by atoms with Gasteiger partial charge < -0.3 is 9.50 Å². The lowest BCUT2D eigenvalue weighted by Crippen LogP contribution is -2.44. The molecule has 5 rings (SSSR count). The van der Waals surface area contributed by atoms with Crippen LogP contribution in [0.1, 0.15) is 67.4 Å². The molecule has 0 saturated heterocycles. The largest absolute Gasteiger partial charge is 0.534 e. The highest BCUT2D eigenvalue weighted by Crippen LogP contribution is 2.62. The summed E-state index contributed by atoms with van der Waals surface area (Å²) < 4.78 is 66.2. The second-order valence-electron chi connectivity index (χ2n) is 11.3. The van der Waals surface area contributed by atoms with Crippen LogP contribution in [0.25, 0.3) is 0 Å². The Morgan fingerprint density at radius 2 is 2.05 bits per heavy atom. The summed E-state index contributed by atoms with van der Waals surface area (Å²) in [7, 11) is -6.10. The fourth-order valence-electron chi connectivity index (χ4n) is 7.20. The van der Waals surface area contributed by atoms with E-state index in [2.05, 4.69) is 14.5 Å². The molecule has 0 spiro atoms. The van der Waals surface area contributed by atoms with Crippen molar-refractivity contribution in [2.24, 2.45) is 23.2 Å². The molecule has 10 nitrogen and oxygen atoms in total. The Bertz CT molecular complexity index is 1520. The number of alkyl halides is 3. The minimum absolute atomic E-state index is 0.0346. The molecule has 0 aliphatic heterocycles. The Hall–Kier alpha value is -3.07. The summed E-state index contributed by atoms with van der Waals surface area (Å²) in [5.41, 5.74) is -6.13. The number of hydrogen-bond donors (Lipinski definition) is 1. The lowest BCUT2D eigenvalue weighted by Gasteiger charge is -2.49. The number of hydrogen-bond acceptors (Lipinski definition) is 9. The third kappa shape index (κ3) is 5.33. The molecule has 1 amide bonds. The van der Waals surface area contributed by atoms with E-state index in [1.165, 1.54) is 11.3 Å². The number of ketones is 1. The zero-order chi connectivity index (χ0) is 29.9. The average molecular weight is 616 g/mol. The van der Waals surface area contributed by atoms with Gasteiger partial charge in [-0.1, -0.05) is 6.92 Å². The molecule has 2 saturated carbocycles. The molecule has 0 bridgehead atoms. The first kappa shape index (κ1) is 29.4. The van der Waals surface area contributed by atoms with Crippen molar-refractivity contribution < 1.29 is 40.3 Å². The van der Waals surface area contributed by atoms with Crippen LogP contribution in [0, 0.1) is 40.2 Å². The summed E-state index contributed by atoms with van der Waals surface area (Å²) in [6.45, 7) is 3.83. The van der Waals surface area contributed by atoms with Crippen LogP contribution in [-0.2, 0) is 26.1 Å². The molecule has 15 heteroatoms. The van der Waals surface area contributed by atoms with E-state index in [1.54, 1.807) is 6.20 Å². The maximum absolute atomic E-state index is 13.2. The Labute approximate surface area is 238 Å². The molecule has 3 aliphatic carbocycles. The number of nitro groups is 1. The van der Waals surface area contributed by atoms with Crippen LogP contribution in [0.15, 0.2) is 18.3 Å². The zero-order valence-corrected chi connectivity index (χ0v) is 23.8. The molecule has 41 heavy (non-hydrogen) atoms. The summed E-state index contributed by atoms with van der Waals surface area (Å²) in [4.78, 5) is 41.8. The number of thiazole rings is 1. The summed E-state index contributed by atoms with van der Waals surface area (Å²) in [5, 5.41) is 15.1. The Morgan fingerprint density at radius 3 is 2.68 bits per heavy atom. The normalized spacial score (nSPS) is 27.5. The van der Waals surface area contributed by atoms with Crippen molar-refractivity contribution in [1.82, 2.24) is 4.98 Å². The molecule has 1 heterocycles. The highest BCUT2D eigenvalue weighted by Gasteiger charge is 2.58. The van der Waals surface area contributed by atoms with Gasteiger partial charge in [0.05, 0.1) is 4.92 Å². The van der Waals surface area contributed by atoms with E-state index in [9.17, 15) is 41.3 Å². The fourth-order valence-corrected chi connectivity index (χ4v) is 8.34. The van der Waals surface area contributed by atoms with Crippen molar-refractivity contribution in [3.8, 4) is 5.75 Å². The van der Waals surface area contributed by atoms with Crippen LogP contribution in [0.2, 0.25) is 0 Å². The number of aryl methyl sites for hydroxylation is 2. The number of benzene rings is 1. The van der Waals surface area contributed by atoms with Crippen molar-refractivity contribution in [1.29, 1.82) is 0 Å². The third-order valence-electron chi connectivity index (χ3n) is 8.94. The number of anilines is 1. The number of nitrogens with zero attached hydrogens (tertiary/aromatic N) is 2. The SMILES string of the molecule is Cc1cnc(NC(=O)CC[C@@H]2CC(=O)[C@@]3(C)CCC4c5cc([N+](=O)[O-])c(OS(=O)(=O)C(F)(F)F)cc5CCC4C23)s1. The quantitative estimate of drug-likeness (QED) is 0.182. The van der Waals surface area contributed by atoms with Crippen LogP contribution >= 0.6 is 11.3 Å². The molecule has 1 aromatic carbocycles. The molecular weight excluding hydrogens is 587 g/mol. The van der Waals surface area contributed by atoms with Gasteiger partial charge in [0.15, 0.2) is 5.13 Å². The zero-order valence-electron chi connectivity index (χ0n) is 22.2. The molecule has 2 aromatic rings. The molecule has 0 radical (unpaired) electrons. The van der Waals surface area contributed by atoms with E-state index < -0.39 is 37.4 Å². The van der Waals surface area contributed by atoms with Crippen molar-refractivity contribution in [2.75, 3.05) is 5.32 Å². The van der Waals surface area contributed by atoms with Crippen LogP contribution in [-0.4, -0.2) is 35.5 Å². The van der Waals surface area contributed by atoms with E-state index in [-0.39, 0.29) is 41.8 Å². The Balaban J connectivity index is 1.40.